The summed E-state index contributed by atoms with van der Waals surface area (Å²) < 4.78 is 74.6. The molecule has 0 spiro atoms. The lowest BCUT2D eigenvalue weighted by molar-refractivity contribution is -0.223. The molecule has 0 aliphatic heterocycles. The van der Waals surface area contributed by atoms with Crippen LogP contribution in [0.4, 0.5) is 26.3 Å². The zero-order valence-electron chi connectivity index (χ0n) is 6.61. The van der Waals surface area contributed by atoms with Gasteiger partial charge in [0.1, 0.15) is 0 Å². The highest BCUT2D eigenvalue weighted by molar-refractivity contribution is 5.77. The molecule has 0 aromatic heterocycles. The molecule has 0 fully saturated rings. The van der Waals surface area contributed by atoms with E-state index in [2.05, 4.69) is 9.47 Å². The molecule has 0 aromatic carbocycles. The highest BCUT2D eigenvalue weighted by Gasteiger charge is 2.43. The first-order chi connectivity index (χ1) is 6.55. The average Bonchev–Trinajstić information content (AvgIpc) is 2.00. The number of alkyl halides is 6. The summed E-state index contributed by atoms with van der Waals surface area (Å²) in [5.41, 5.74) is 0. The van der Waals surface area contributed by atoms with Gasteiger partial charge in [-0.2, -0.15) is 26.3 Å². The quantitative estimate of drug-likeness (QED) is 0.412. The fourth-order valence-corrected chi connectivity index (χ4v) is 0.300. The van der Waals surface area contributed by atoms with E-state index < -0.39 is 31.1 Å². The minimum Gasteiger partial charge on any atom is -0.421 e. The highest BCUT2D eigenvalue weighted by Crippen LogP contribution is 2.18. The summed E-state index contributed by atoms with van der Waals surface area (Å²) in [5.74, 6) is -5.50. The Balaban J connectivity index is 3.92. The van der Waals surface area contributed by atoms with Crippen molar-refractivity contribution in [3.63, 3.8) is 0 Å². The number of hydrogen-bond acceptors (Lipinski definition) is 4. The molecule has 0 saturated heterocycles. The van der Waals surface area contributed by atoms with Crippen molar-refractivity contribution in [1.29, 1.82) is 0 Å². The third-order valence-corrected chi connectivity index (χ3v) is 0.843. The Labute approximate surface area is 77.7 Å². The van der Waals surface area contributed by atoms with Crippen LogP contribution in [0, 0.1) is 0 Å². The highest BCUT2D eigenvalue weighted by atomic mass is 19.4. The smallest absolute Gasteiger partial charge is 0.421 e. The molecule has 0 heterocycles. The normalized spacial score (nSPS) is 12.1. The second kappa shape index (κ2) is 4.36. The van der Waals surface area contributed by atoms with Gasteiger partial charge in [-0.1, -0.05) is 0 Å². The number of carbonyl (C=O) groups excluding carboxylic acids is 2. The molecule has 0 saturated carbocycles. The van der Waals surface area contributed by atoms with E-state index in [0.717, 1.165) is 0 Å². The number of carbonyl (C=O) groups is 2. The van der Waals surface area contributed by atoms with E-state index in [9.17, 15) is 35.9 Å². The third-order valence-electron chi connectivity index (χ3n) is 0.843. The second-order valence-electron chi connectivity index (χ2n) is 1.98. The number of hydrogen-bond donors (Lipinski definition) is 0. The molecular formula is C5H2F6O4. The molecule has 0 atom stereocenters. The van der Waals surface area contributed by atoms with Crippen molar-refractivity contribution >= 4 is 11.9 Å². The van der Waals surface area contributed by atoms with Gasteiger partial charge in [0.2, 0.25) is 6.79 Å². The van der Waals surface area contributed by atoms with Crippen molar-refractivity contribution in [2.24, 2.45) is 0 Å². The topological polar surface area (TPSA) is 52.6 Å². The Morgan fingerprint density at radius 3 is 1.27 bits per heavy atom. The Hall–Kier alpha value is -1.48. The molecular weight excluding hydrogens is 238 g/mol. The molecule has 0 N–H and O–H groups in total. The van der Waals surface area contributed by atoms with Crippen molar-refractivity contribution in [2.45, 2.75) is 12.4 Å². The first kappa shape index (κ1) is 13.5. The van der Waals surface area contributed by atoms with E-state index in [1.807, 2.05) is 0 Å². The minimum absolute atomic E-state index is 1.75. The summed E-state index contributed by atoms with van der Waals surface area (Å²) in [6, 6.07) is 0. The molecule has 0 bridgehead atoms. The lowest BCUT2D eigenvalue weighted by atomic mass is 10.7. The van der Waals surface area contributed by atoms with Crippen LogP contribution in [-0.2, 0) is 19.1 Å². The molecule has 0 radical (unpaired) electrons. The van der Waals surface area contributed by atoms with Gasteiger partial charge < -0.3 is 9.47 Å². The van der Waals surface area contributed by atoms with Gasteiger partial charge in [-0.05, 0) is 0 Å². The molecule has 0 rings (SSSR count). The molecule has 4 nitrogen and oxygen atoms in total. The standard InChI is InChI=1S/C5H2F6O4/c6-4(7,8)2(12)14-1-15-3(13)5(9,10)11/h1H2. The maximum absolute atomic E-state index is 11.4. The summed E-state index contributed by atoms with van der Waals surface area (Å²) in [4.78, 5) is 19.8. The molecule has 10 heteroatoms. The zero-order valence-corrected chi connectivity index (χ0v) is 6.61. The molecule has 0 aromatic rings. The van der Waals surface area contributed by atoms with E-state index in [1.165, 1.54) is 0 Å². The van der Waals surface area contributed by atoms with E-state index in [4.69, 9.17) is 0 Å². The van der Waals surface area contributed by atoms with Gasteiger partial charge in [0.15, 0.2) is 0 Å². The van der Waals surface area contributed by atoms with Crippen LogP contribution in [-0.4, -0.2) is 31.1 Å². The number of ether oxygens (including phenoxy) is 2. The maximum atomic E-state index is 11.4. The third kappa shape index (κ3) is 5.08. The number of esters is 2. The fraction of sp³-hybridized carbons (Fsp3) is 0.600. The van der Waals surface area contributed by atoms with Crippen LogP contribution in [0.15, 0.2) is 0 Å². The van der Waals surface area contributed by atoms with Crippen LogP contribution >= 0.6 is 0 Å². The molecule has 0 unspecified atom stereocenters. The van der Waals surface area contributed by atoms with Gasteiger partial charge in [0.05, 0.1) is 0 Å². The van der Waals surface area contributed by atoms with Gasteiger partial charge in [0, 0.05) is 0 Å². The Morgan fingerprint density at radius 2 is 1.07 bits per heavy atom. The number of rotatable bonds is 2. The van der Waals surface area contributed by atoms with E-state index in [1.54, 1.807) is 0 Å². The Morgan fingerprint density at radius 1 is 0.800 bits per heavy atom. The molecule has 0 amide bonds. The van der Waals surface area contributed by atoms with Gasteiger partial charge in [-0.3, -0.25) is 0 Å². The predicted octanol–water partition coefficient (Wildman–Crippen LogP) is 1.15. The van der Waals surface area contributed by atoms with Crippen LogP contribution in [0.2, 0.25) is 0 Å². The van der Waals surface area contributed by atoms with E-state index >= 15 is 0 Å². The molecule has 15 heavy (non-hydrogen) atoms. The Kier molecular flexibility index (Phi) is 3.93. The van der Waals surface area contributed by atoms with Crippen LogP contribution < -0.4 is 0 Å². The lowest BCUT2D eigenvalue weighted by Crippen LogP contribution is -2.30. The predicted molar refractivity (Wildman–Crippen MR) is 29.2 cm³/mol. The van der Waals surface area contributed by atoms with Gasteiger partial charge in [-0.15, -0.1) is 0 Å². The maximum Gasteiger partial charge on any atom is 0.491 e. The van der Waals surface area contributed by atoms with Crippen molar-refractivity contribution in [3.05, 3.63) is 0 Å². The largest absolute Gasteiger partial charge is 0.491 e. The van der Waals surface area contributed by atoms with E-state index in [0.29, 0.717) is 0 Å². The summed E-state index contributed by atoms with van der Waals surface area (Å²) in [6.07, 6.45) is -10.7. The molecule has 88 valence electrons. The van der Waals surface area contributed by atoms with Gasteiger partial charge in [-0.25, -0.2) is 9.59 Å². The summed E-state index contributed by atoms with van der Waals surface area (Å²) in [5, 5.41) is 0. The zero-order chi connectivity index (χ0) is 12.3. The minimum atomic E-state index is -5.36. The van der Waals surface area contributed by atoms with Crippen molar-refractivity contribution in [1.82, 2.24) is 0 Å². The lowest BCUT2D eigenvalue weighted by Gasteiger charge is -2.08. The van der Waals surface area contributed by atoms with Crippen LogP contribution in [0.3, 0.4) is 0 Å². The van der Waals surface area contributed by atoms with Gasteiger partial charge in [0.25, 0.3) is 0 Å². The second-order valence-corrected chi connectivity index (χ2v) is 1.98. The first-order valence-corrected chi connectivity index (χ1v) is 3.03. The van der Waals surface area contributed by atoms with Crippen molar-refractivity contribution < 1.29 is 45.4 Å². The monoisotopic (exact) mass is 240 g/mol. The molecule has 0 aliphatic rings. The first-order valence-electron chi connectivity index (χ1n) is 3.03. The summed E-state index contributed by atoms with van der Waals surface area (Å²) in [6.45, 7) is -1.75. The average molecular weight is 240 g/mol. The summed E-state index contributed by atoms with van der Waals surface area (Å²) in [7, 11) is 0. The Bertz CT molecular complexity index is 227. The summed E-state index contributed by atoms with van der Waals surface area (Å²) >= 11 is 0. The molecule has 0 aliphatic carbocycles. The van der Waals surface area contributed by atoms with Crippen molar-refractivity contribution in [3.8, 4) is 0 Å². The van der Waals surface area contributed by atoms with Gasteiger partial charge >= 0.3 is 24.3 Å². The van der Waals surface area contributed by atoms with Crippen LogP contribution in [0.5, 0.6) is 0 Å². The van der Waals surface area contributed by atoms with Crippen molar-refractivity contribution in [2.75, 3.05) is 6.79 Å². The van der Waals surface area contributed by atoms with Crippen LogP contribution in [0.25, 0.3) is 0 Å². The fourth-order valence-electron chi connectivity index (χ4n) is 0.300. The number of halogens is 6. The SMILES string of the molecule is O=C(OCOC(=O)C(F)(F)F)C(F)(F)F. The van der Waals surface area contributed by atoms with Crippen LogP contribution in [0.1, 0.15) is 0 Å². The van der Waals surface area contributed by atoms with E-state index in [-0.39, 0.29) is 0 Å².